The van der Waals surface area contributed by atoms with Gasteiger partial charge in [-0.2, -0.15) is 0 Å². The Bertz CT molecular complexity index is 578. The number of fused-ring (bicyclic) bond motifs is 1. The smallest absolute Gasteiger partial charge is 0.233 e. The third-order valence-corrected chi connectivity index (χ3v) is 3.18. The number of benzene rings is 1. The Morgan fingerprint density at radius 3 is 3.00 bits per heavy atom. The van der Waals surface area contributed by atoms with E-state index in [0.29, 0.717) is 6.42 Å². The molecule has 5 nitrogen and oxygen atoms in total. The minimum atomic E-state index is -0.128. The molecule has 1 aromatic carbocycles. The molecule has 0 saturated heterocycles. The molecular weight excluding hydrogens is 254 g/mol. The van der Waals surface area contributed by atoms with Gasteiger partial charge in [0.2, 0.25) is 5.91 Å². The second-order valence-corrected chi connectivity index (χ2v) is 4.75. The zero-order chi connectivity index (χ0) is 14.4. The van der Waals surface area contributed by atoms with Crippen LogP contribution in [0.2, 0.25) is 0 Å². The summed E-state index contributed by atoms with van der Waals surface area (Å²) in [6.07, 6.45) is 4.24. The molecule has 0 fully saturated rings. The first-order valence-electron chi connectivity index (χ1n) is 6.95. The van der Waals surface area contributed by atoms with Crippen molar-refractivity contribution in [3.05, 3.63) is 30.5 Å². The summed E-state index contributed by atoms with van der Waals surface area (Å²) in [6.45, 7) is 3.62. The first-order valence-corrected chi connectivity index (χ1v) is 6.95. The van der Waals surface area contributed by atoms with Gasteiger partial charge < -0.3 is 9.30 Å². The molecule has 5 heteroatoms. The number of rotatable bonds is 7. The Hall–Kier alpha value is -2.01. The molecule has 1 heterocycles. The molecule has 2 rings (SSSR count). The molecule has 0 radical (unpaired) electrons. The summed E-state index contributed by atoms with van der Waals surface area (Å²) in [4.78, 5) is 11.1. The minimum absolute atomic E-state index is 0.128. The van der Waals surface area contributed by atoms with Crippen molar-refractivity contribution >= 4 is 16.8 Å². The fourth-order valence-corrected chi connectivity index (χ4v) is 2.17. The first-order chi connectivity index (χ1) is 9.74. The number of aromatic nitrogens is 1. The molecule has 0 spiro atoms. The molecule has 1 amide bonds. The van der Waals surface area contributed by atoms with Crippen LogP contribution in [0.1, 0.15) is 26.2 Å². The van der Waals surface area contributed by atoms with E-state index in [9.17, 15) is 4.79 Å². The van der Waals surface area contributed by atoms with Crippen LogP contribution in [0.4, 0.5) is 0 Å². The third-order valence-electron chi connectivity index (χ3n) is 3.18. The number of hydrogen-bond acceptors (Lipinski definition) is 3. The number of nitrogens with zero attached hydrogens (tertiary/aromatic N) is 1. The van der Waals surface area contributed by atoms with E-state index in [4.69, 9.17) is 10.6 Å². The highest BCUT2D eigenvalue weighted by Crippen LogP contribution is 2.22. The molecule has 20 heavy (non-hydrogen) atoms. The summed E-state index contributed by atoms with van der Waals surface area (Å²) in [5, 5.41) is 1.15. The lowest BCUT2D eigenvalue weighted by molar-refractivity contribution is -0.121. The second-order valence-electron chi connectivity index (χ2n) is 4.75. The number of hydrazine groups is 1. The Kier molecular flexibility index (Phi) is 5.01. The maximum absolute atomic E-state index is 11.1. The number of nitrogens with one attached hydrogen (secondary N) is 1. The highest BCUT2D eigenvalue weighted by Gasteiger charge is 2.04. The van der Waals surface area contributed by atoms with Crippen molar-refractivity contribution in [3.8, 4) is 5.75 Å². The standard InChI is InChI=1S/C15H21N3O2/c1-2-10-20-13-5-6-14-12(11-13)7-9-18(14)8-3-4-15(19)17-16/h5-7,9,11H,2-4,8,10,16H2,1H3,(H,17,19). The lowest BCUT2D eigenvalue weighted by atomic mass is 10.2. The van der Waals surface area contributed by atoms with Gasteiger partial charge in [0, 0.05) is 30.1 Å². The maximum atomic E-state index is 11.1. The summed E-state index contributed by atoms with van der Waals surface area (Å²) >= 11 is 0. The van der Waals surface area contributed by atoms with Gasteiger partial charge in [-0.15, -0.1) is 0 Å². The van der Waals surface area contributed by atoms with E-state index in [1.165, 1.54) is 0 Å². The van der Waals surface area contributed by atoms with E-state index in [0.717, 1.165) is 42.6 Å². The van der Waals surface area contributed by atoms with Crippen LogP contribution in [-0.2, 0) is 11.3 Å². The molecule has 3 N–H and O–H groups in total. The van der Waals surface area contributed by atoms with Crippen molar-refractivity contribution in [1.82, 2.24) is 9.99 Å². The predicted molar refractivity (Wildman–Crippen MR) is 79.3 cm³/mol. The third kappa shape index (κ3) is 3.51. The van der Waals surface area contributed by atoms with Gasteiger partial charge in [0.1, 0.15) is 5.75 Å². The minimum Gasteiger partial charge on any atom is -0.494 e. The van der Waals surface area contributed by atoms with Crippen molar-refractivity contribution in [2.75, 3.05) is 6.61 Å². The molecule has 2 aromatic rings. The van der Waals surface area contributed by atoms with Gasteiger partial charge in [-0.1, -0.05) is 6.92 Å². The van der Waals surface area contributed by atoms with Crippen LogP contribution in [0.3, 0.4) is 0 Å². The van der Waals surface area contributed by atoms with E-state index in [1.807, 2.05) is 18.3 Å². The fourth-order valence-electron chi connectivity index (χ4n) is 2.17. The molecule has 0 aliphatic heterocycles. The molecule has 0 bridgehead atoms. The Morgan fingerprint density at radius 1 is 1.40 bits per heavy atom. The summed E-state index contributed by atoms with van der Waals surface area (Å²) < 4.78 is 7.77. The Morgan fingerprint density at radius 2 is 2.25 bits per heavy atom. The van der Waals surface area contributed by atoms with Gasteiger partial charge in [0.05, 0.1) is 6.61 Å². The lowest BCUT2D eigenvalue weighted by Gasteiger charge is -2.07. The first kappa shape index (κ1) is 14.4. The number of nitrogens with two attached hydrogens (primary N) is 1. The van der Waals surface area contributed by atoms with Gasteiger partial charge in [0.15, 0.2) is 0 Å². The van der Waals surface area contributed by atoms with Crippen LogP contribution in [-0.4, -0.2) is 17.1 Å². The largest absolute Gasteiger partial charge is 0.494 e. The molecule has 0 atom stereocenters. The van der Waals surface area contributed by atoms with E-state index in [1.54, 1.807) is 0 Å². The van der Waals surface area contributed by atoms with Crippen molar-refractivity contribution < 1.29 is 9.53 Å². The average molecular weight is 275 g/mol. The zero-order valence-electron chi connectivity index (χ0n) is 11.8. The van der Waals surface area contributed by atoms with Gasteiger partial charge in [-0.05, 0) is 37.1 Å². The van der Waals surface area contributed by atoms with Crippen LogP contribution in [0.15, 0.2) is 30.5 Å². The van der Waals surface area contributed by atoms with Crippen LogP contribution in [0.5, 0.6) is 5.75 Å². The van der Waals surface area contributed by atoms with Crippen LogP contribution in [0, 0.1) is 0 Å². The molecule has 108 valence electrons. The number of carbonyl (C=O) groups excluding carboxylic acids is 1. The number of amides is 1. The predicted octanol–water partition coefficient (Wildman–Crippen LogP) is 2.20. The maximum Gasteiger partial charge on any atom is 0.233 e. The number of hydrogen-bond donors (Lipinski definition) is 2. The Labute approximate surface area is 118 Å². The Balaban J connectivity index is 2.02. The van der Waals surface area contributed by atoms with E-state index in [2.05, 4.69) is 29.0 Å². The average Bonchev–Trinajstić information content (AvgIpc) is 2.87. The highest BCUT2D eigenvalue weighted by atomic mass is 16.5. The quantitative estimate of drug-likeness (QED) is 0.462. The fraction of sp³-hybridized carbons (Fsp3) is 0.400. The molecule has 1 aromatic heterocycles. The van der Waals surface area contributed by atoms with Gasteiger partial charge in [-0.25, -0.2) is 5.84 Å². The summed E-state index contributed by atoms with van der Waals surface area (Å²) in [7, 11) is 0. The van der Waals surface area contributed by atoms with Crippen molar-refractivity contribution in [2.45, 2.75) is 32.7 Å². The summed E-state index contributed by atoms with van der Waals surface area (Å²) in [5.74, 6) is 5.83. The normalized spacial score (nSPS) is 10.7. The molecular formula is C15H21N3O2. The van der Waals surface area contributed by atoms with Gasteiger partial charge in [0.25, 0.3) is 0 Å². The van der Waals surface area contributed by atoms with Crippen LogP contribution in [0.25, 0.3) is 10.9 Å². The molecule has 0 aliphatic rings. The van der Waals surface area contributed by atoms with Crippen molar-refractivity contribution in [1.29, 1.82) is 0 Å². The SMILES string of the molecule is CCCOc1ccc2c(ccn2CCCC(=O)NN)c1. The number of carbonyl (C=O) groups is 1. The van der Waals surface area contributed by atoms with Gasteiger partial charge >= 0.3 is 0 Å². The second kappa shape index (κ2) is 6.96. The highest BCUT2D eigenvalue weighted by molar-refractivity contribution is 5.81. The van der Waals surface area contributed by atoms with E-state index < -0.39 is 0 Å². The molecule has 0 saturated carbocycles. The summed E-state index contributed by atoms with van der Waals surface area (Å²) in [5.41, 5.74) is 3.30. The van der Waals surface area contributed by atoms with Crippen molar-refractivity contribution in [3.63, 3.8) is 0 Å². The summed E-state index contributed by atoms with van der Waals surface area (Å²) in [6, 6.07) is 8.16. The topological polar surface area (TPSA) is 69.3 Å². The van der Waals surface area contributed by atoms with E-state index in [-0.39, 0.29) is 5.91 Å². The number of aryl methyl sites for hydroxylation is 1. The lowest BCUT2D eigenvalue weighted by Crippen LogP contribution is -2.29. The van der Waals surface area contributed by atoms with E-state index >= 15 is 0 Å². The number of ether oxygens (including phenoxy) is 1. The zero-order valence-corrected chi connectivity index (χ0v) is 11.8. The van der Waals surface area contributed by atoms with Crippen molar-refractivity contribution in [2.24, 2.45) is 5.84 Å². The van der Waals surface area contributed by atoms with Crippen LogP contribution >= 0.6 is 0 Å². The monoisotopic (exact) mass is 275 g/mol. The molecule has 0 aliphatic carbocycles. The molecule has 0 unspecified atom stereocenters. The van der Waals surface area contributed by atoms with Gasteiger partial charge in [-0.3, -0.25) is 10.2 Å². The van der Waals surface area contributed by atoms with Crippen LogP contribution < -0.4 is 16.0 Å².